The van der Waals surface area contributed by atoms with Crippen molar-refractivity contribution in [2.45, 2.75) is 39.7 Å². The number of carbonyl (C=O) groups is 1. The van der Waals surface area contributed by atoms with Gasteiger partial charge in [-0.1, -0.05) is 32.0 Å². The average Bonchev–Trinajstić information content (AvgIpc) is 3.30. The highest BCUT2D eigenvalue weighted by atomic mass is 32.1. The number of benzene rings is 1. The van der Waals surface area contributed by atoms with Gasteiger partial charge in [0.25, 0.3) is 0 Å². The zero-order chi connectivity index (χ0) is 21.9. The molecular weight excluding hydrogens is 417 g/mol. The van der Waals surface area contributed by atoms with Crippen LogP contribution in [0, 0.1) is 5.92 Å². The molecule has 0 spiro atoms. The number of aromatic nitrogens is 3. The van der Waals surface area contributed by atoms with E-state index in [0.717, 1.165) is 21.7 Å². The minimum absolute atomic E-state index is 0.0814. The molecular formula is C20H21F3N4O2S. The number of halogens is 3. The van der Waals surface area contributed by atoms with Crippen LogP contribution in [0.2, 0.25) is 0 Å². The molecule has 160 valence electrons. The molecule has 0 aliphatic carbocycles. The number of hydrogen-bond donors (Lipinski definition) is 1. The predicted molar refractivity (Wildman–Crippen MR) is 108 cm³/mol. The maximum atomic E-state index is 12.8. The fourth-order valence-electron chi connectivity index (χ4n) is 2.91. The number of alkyl halides is 3. The van der Waals surface area contributed by atoms with Gasteiger partial charge in [-0.2, -0.15) is 13.2 Å². The number of hydrogen-bond acceptors (Lipinski definition) is 4. The van der Waals surface area contributed by atoms with Crippen LogP contribution in [0.25, 0.3) is 10.7 Å². The van der Waals surface area contributed by atoms with Gasteiger partial charge in [0.1, 0.15) is 6.54 Å². The molecule has 0 saturated carbocycles. The second kappa shape index (κ2) is 8.86. The molecule has 0 fully saturated rings. The second-order valence-electron chi connectivity index (χ2n) is 7.22. The van der Waals surface area contributed by atoms with Gasteiger partial charge in [-0.15, -0.1) is 16.4 Å². The quantitative estimate of drug-likeness (QED) is 0.611. The Labute approximate surface area is 175 Å². The number of amides is 1. The molecule has 2 heterocycles. The Morgan fingerprint density at radius 3 is 2.63 bits per heavy atom. The molecule has 1 N–H and O–H groups in total. The fourth-order valence-corrected chi connectivity index (χ4v) is 3.63. The van der Waals surface area contributed by atoms with E-state index in [9.17, 15) is 22.8 Å². The molecule has 2 aromatic heterocycles. The summed E-state index contributed by atoms with van der Waals surface area (Å²) in [5.41, 5.74) is -0.866. The summed E-state index contributed by atoms with van der Waals surface area (Å²) in [6, 6.07) is 8.44. The zero-order valence-electron chi connectivity index (χ0n) is 16.4. The minimum atomic E-state index is -4.45. The SMILES string of the molecule is CC(C)Cn1c(-c2cccs2)nn(CC(=O)NCc2cccc(C(F)(F)F)c2)c1=O. The second-order valence-corrected chi connectivity index (χ2v) is 8.17. The number of nitrogens with zero attached hydrogens (tertiary/aromatic N) is 3. The summed E-state index contributed by atoms with van der Waals surface area (Å²) in [5, 5.41) is 8.73. The van der Waals surface area contributed by atoms with Crippen LogP contribution in [0.4, 0.5) is 13.2 Å². The lowest BCUT2D eigenvalue weighted by molar-refractivity contribution is -0.137. The topological polar surface area (TPSA) is 68.9 Å². The van der Waals surface area contributed by atoms with E-state index in [1.165, 1.54) is 28.0 Å². The van der Waals surface area contributed by atoms with Crippen LogP contribution in [0.1, 0.15) is 25.0 Å². The number of carbonyl (C=O) groups excluding carboxylic acids is 1. The van der Waals surface area contributed by atoms with Crippen LogP contribution < -0.4 is 11.0 Å². The predicted octanol–water partition coefficient (Wildman–Crippen LogP) is 3.76. The maximum absolute atomic E-state index is 12.8. The van der Waals surface area contributed by atoms with Crippen molar-refractivity contribution in [1.29, 1.82) is 0 Å². The molecule has 0 aliphatic heterocycles. The van der Waals surface area contributed by atoms with Crippen LogP contribution in [0.5, 0.6) is 0 Å². The van der Waals surface area contributed by atoms with Crippen molar-refractivity contribution in [2.75, 3.05) is 0 Å². The molecule has 10 heteroatoms. The summed E-state index contributed by atoms with van der Waals surface area (Å²) < 4.78 is 41.1. The van der Waals surface area contributed by atoms with E-state index in [1.807, 2.05) is 31.4 Å². The van der Waals surface area contributed by atoms with Crippen molar-refractivity contribution in [3.63, 3.8) is 0 Å². The van der Waals surface area contributed by atoms with Crippen molar-refractivity contribution in [2.24, 2.45) is 5.92 Å². The molecule has 6 nitrogen and oxygen atoms in total. The molecule has 3 aromatic rings. The largest absolute Gasteiger partial charge is 0.416 e. The molecule has 1 amide bonds. The van der Waals surface area contributed by atoms with Crippen molar-refractivity contribution >= 4 is 17.2 Å². The van der Waals surface area contributed by atoms with Gasteiger partial charge in [0.15, 0.2) is 5.82 Å². The number of nitrogens with one attached hydrogen (secondary N) is 1. The lowest BCUT2D eigenvalue weighted by atomic mass is 10.1. The Balaban J connectivity index is 1.73. The highest BCUT2D eigenvalue weighted by Crippen LogP contribution is 2.29. The zero-order valence-corrected chi connectivity index (χ0v) is 17.3. The average molecular weight is 438 g/mol. The first-order chi connectivity index (χ1) is 14.1. The normalized spacial score (nSPS) is 11.8. The molecule has 0 atom stereocenters. The monoisotopic (exact) mass is 438 g/mol. The van der Waals surface area contributed by atoms with Gasteiger partial charge in [-0.05, 0) is 35.1 Å². The third kappa shape index (κ3) is 5.18. The van der Waals surface area contributed by atoms with Gasteiger partial charge < -0.3 is 5.32 Å². The first-order valence-electron chi connectivity index (χ1n) is 9.29. The standard InChI is InChI=1S/C20H21F3N4O2S/c1-13(2)11-26-18(16-7-4-8-30-16)25-27(19(26)29)12-17(28)24-10-14-5-3-6-15(9-14)20(21,22)23/h3-9,13H,10-12H2,1-2H3,(H,24,28). The van der Waals surface area contributed by atoms with Gasteiger partial charge in [-0.25, -0.2) is 9.48 Å². The Morgan fingerprint density at radius 1 is 1.23 bits per heavy atom. The summed E-state index contributed by atoms with van der Waals surface area (Å²) in [6.07, 6.45) is -4.45. The Bertz CT molecular complexity index is 1070. The summed E-state index contributed by atoms with van der Waals surface area (Å²) in [4.78, 5) is 25.9. The van der Waals surface area contributed by atoms with E-state index in [-0.39, 0.29) is 19.0 Å². The highest BCUT2D eigenvalue weighted by Gasteiger charge is 2.30. The summed E-state index contributed by atoms with van der Waals surface area (Å²) in [7, 11) is 0. The first kappa shape index (κ1) is 21.8. The van der Waals surface area contributed by atoms with E-state index in [4.69, 9.17) is 0 Å². The van der Waals surface area contributed by atoms with Crippen LogP contribution in [-0.4, -0.2) is 20.3 Å². The lowest BCUT2D eigenvalue weighted by Crippen LogP contribution is -2.34. The van der Waals surface area contributed by atoms with Crippen molar-refractivity contribution in [1.82, 2.24) is 19.7 Å². The van der Waals surface area contributed by atoms with E-state index >= 15 is 0 Å². The number of thiophene rings is 1. The van der Waals surface area contributed by atoms with Crippen LogP contribution >= 0.6 is 11.3 Å². The molecule has 0 saturated heterocycles. The first-order valence-corrected chi connectivity index (χ1v) is 10.2. The molecule has 0 aliphatic rings. The van der Waals surface area contributed by atoms with Gasteiger partial charge in [0.2, 0.25) is 5.91 Å². The van der Waals surface area contributed by atoms with E-state index in [0.29, 0.717) is 17.9 Å². The molecule has 30 heavy (non-hydrogen) atoms. The van der Waals surface area contributed by atoms with Crippen LogP contribution in [0.3, 0.4) is 0 Å². The van der Waals surface area contributed by atoms with Gasteiger partial charge >= 0.3 is 11.9 Å². The van der Waals surface area contributed by atoms with Crippen molar-refractivity contribution in [3.8, 4) is 10.7 Å². The molecule has 0 unspecified atom stereocenters. The third-order valence-electron chi connectivity index (χ3n) is 4.25. The molecule has 0 bridgehead atoms. The molecule has 1 aromatic carbocycles. The van der Waals surface area contributed by atoms with E-state index in [1.54, 1.807) is 0 Å². The molecule has 3 rings (SSSR count). The van der Waals surface area contributed by atoms with Gasteiger partial charge in [-0.3, -0.25) is 9.36 Å². The summed E-state index contributed by atoms with van der Waals surface area (Å²) in [5.74, 6) is 0.185. The van der Waals surface area contributed by atoms with Crippen LogP contribution in [-0.2, 0) is 30.6 Å². The highest BCUT2D eigenvalue weighted by molar-refractivity contribution is 7.13. The van der Waals surface area contributed by atoms with Crippen LogP contribution in [0.15, 0.2) is 46.6 Å². The maximum Gasteiger partial charge on any atom is 0.416 e. The van der Waals surface area contributed by atoms with Gasteiger partial charge in [0.05, 0.1) is 10.4 Å². The smallest absolute Gasteiger partial charge is 0.350 e. The number of rotatable bonds is 7. The van der Waals surface area contributed by atoms with Gasteiger partial charge in [0, 0.05) is 13.1 Å². The summed E-state index contributed by atoms with van der Waals surface area (Å²) >= 11 is 1.44. The summed E-state index contributed by atoms with van der Waals surface area (Å²) in [6.45, 7) is 4.01. The Hall–Kier alpha value is -2.88. The van der Waals surface area contributed by atoms with Crippen molar-refractivity contribution in [3.05, 3.63) is 63.4 Å². The minimum Gasteiger partial charge on any atom is -0.350 e. The molecule has 0 radical (unpaired) electrons. The Morgan fingerprint density at radius 2 is 2.00 bits per heavy atom. The van der Waals surface area contributed by atoms with E-state index < -0.39 is 23.3 Å². The lowest BCUT2D eigenvalue weighted by Gasteiger charge is -2.09. The fraction of sp³-hybridized carbons (Fsp3) is 0.350. The third-order valence-corrected chi connectivity index (χ3v) is 5.12. The van der Waals surface area contributed by atoms with Crippen molar-refractivity contribution < 1.29 is 18.0 Å². The van der Waals surface area contributed by atoms with E-state index in [2.05, 4.69) is 10.4 Å². The Kier molecular flexibility index (Phi) is 6.45.